The van der Waals surface area contributed by atoms with Crippen LogP contribution in [-0.4, -0.2) is 22.1 Å². The summed E-state index contributed by atoms with van der Waals surface area (Å²) in [7, 11) is 0. The van der Waals surface area contributed by atoms with E-state index in [0.29, 0.717) is 22.8 Å². The molecule has 0 atom stereocenters. The van der Waals surface area contributed by atoms with Crippen molar-refractivity contribution in [2.45, 2.75) is 6.54 Å². The van der Waals surface area contributed by atoms with Crippen molar-refractivity contribution < 1.29 is 9.42 Å². The minimum absolute atomic E-state index is 0.0393. The third kappa shape index (κ3) is 4.05. The van der Waals surface area contributed by atoms with E-state index in [1.165, 1.54) is 0 Å². The number of halogens is 1. The Kier molecular flexibility index (Phi) is 5.26. The van der Waals surface area contributed by atoms with E-state index in [9.17, 15) is 4.79 Å². The van der Waals surface area contributed by atoms with Gasteiger partial charge < -0.3 is 16.4 Å². The number of carbonyl (C=O) groups is 1. The third-order valence-electron chi connectivity index (χ3n) is 3.50. The molecule has 0 bridgehead atoms. The number of carbonyl (C=O) groups excluding carboxylic acids is 1. The second kappa shape index (κ2) is 7.77. The first-order chi connectivity index (χ1) is 12.6. The first-order valence-corrected chi connectivity index (χ1v) is 7.99. The smallest absolute Gasteiger partial charge is 0.256 e. The predicted octanol–water partition coefficient (Wildman–Crippen LogP) is 2.87. The van der Waals surface area contributed by atoms with E-state index in [0.717, 1.165) is 5.56 Å². The number of hydrogen-bond donors (Lipinski definition) is 4. The number of amidine groups is 1. The van der Waals surface area contributed by atoms with Gasteiger partial charge in [-0.25, -0.2) is 4.63 Å². The van der Waals surface area contributed by atoms with E-state index in [4.69, 9.17) is 22.7 Å². The van der Waals surface area contributed by atoms with Gasteiger partial charge in [-0.15, -0.1) is 0 Å². The van der Waals surface area contributed by atoms with E-state index in [1.807, 2.05) is 0 Å². The summed E-state index contributed by atoms with van der Waals surface area (Å²) in [6.07, 6.45) is 0. The maximum absolute atomic E-state index is 12.3. The molecule has 1 amide bonds. The fourth-order valence-electron chi connectivity index (χ4n) is 2.18. The van der Waals surface area contributed by atoms with Gasteiger partial charge in [0.2, 0.25) is 5.82 Å². The molecule has 26 heavy (non-hydrogen) atoms. The maximum Gasteiger partial charge on any atom is 0.256 e. The van der Waals surface area contributed by atoms with Crippen molar-refractivity contribution in [2.75, 3.05) is 10.6 Å². The Morgan fingerprint density at radius 3 is 2.62 bits per heavy atom. The normalized spacial score (nSPS) is 10.4. The number of nitrogens with one attached hydrogen (secondary N) is 3. The van der Waals surface area contributed by atoms with Crippen molar-refractivity contribution >= 4 is 34.8 Å². The zero-order chi connectivity index (χ0) is 18.5. The molecule has 0 radical (unpaired) electrons. The second-order valence-corrected chi connectivity index (χ2v) is 5.76. The summed E-state index contributed by atoms with van der Waals surface area (Å²) in [5.41, 5.74) is 7.54. The minimum Gasteiger partial charge on any atom is -0.339 e. The lowest BCUT2D eigenvalue weighted by atomic mass is 10.1. The highest BCUT2D eigenvalue weighted by molar-refractivity contribution is 6.31. The molecular formula is C17H15ClN6O2. The van der Waals surface area contributed by atoms with Crippen LogP contribution in [0.2, 0.25) is 5.02 Å². The Labute approximate surface area is 153 Å². The maximum atomic E-state index is 12.3. The first-order valence-electron chi connectivity index (χ1n) is 7.61. The van der Waals surface area contributed by atoms with Crippen molar-refractivity contribution in [3.8, 4) is 0 Å². The van der Waals surface area contributed by atoms with Crippen LogP contribution in [0.15, 0.2) is 53.2 Å². The first kappa shape index (κ1) is 17.6. The van der Waals surface area contributed by atoms with Crippen LogP contribution >= 0.6 is 11.6 Å². The molecule has 9 heteroatoms. The van der Waals surface area contributed by atoms with Crippen LogP contribution in [0.25, 0.3) is 0 Å². The molecule has 0 unspecified atom stereocenters. The summed E-state index contributed by atoms with van der Waals surface area (Å²) in [5, 5.41) is 21.4. The molecule has 0 aliphatic heterocycles. The fraction of sp³-hybridized carbons (Fsp3) is 0.0588. The number of hydrogen-bond acceptors (Lipinski definition) is 6. The molecule has 0 saturated heterocycles. The van der Waals surface area contributed by atoms with Gasteiger partial charge in [0.1, 0.15) is 0 Å². The lowest BCUT2D eigenvalue weighted by Crippen LogP contribution is -2.18. The van der Waals surface area contributed by atoms with E-state index in [1.54, 1.807) is 48.5 Å². The van der Waals surface area contributed by atoms with Gasteiger partial charge in [-0.3, -0.25) is 10.2 Å². The lowest BCUT2D eigenvalue weighted by molar-refractivity contribution is 0.102. The van der Waals surface area contributed by atoms with Gasteiger partial charge in [0.05, 0.1) is 0 Å². The van der Waals surface area contributed by atoms with Crippen molar-refractivity contribution in [1.82, 2.24) is 10.3 Å². The average molecular weight is 371 g/mol. The minimum atomic E-state index is -0.402. The zero-order valence-corrected chi connectivity index (χ0v) is 14.2. The molecule has 0 aliphatic rings. The highest BCUT2D eigenvalue weighted by Crippen LogP contribution is 2.18. The molecule has 132 valence electrons. The van der Waals surface area contributed by atoms with Gasteiger partial charge >= 0.3 is 0 Å². The van der Waals surface area contributed by atoms with Crippen molar-refractivity contribution in [1.29, 1.82) is 5.41 Å². The van der Waals surface area contributed by atoms with E-state index >= 15 is 0 Å². The summed E-state index contributed by atoms with van der Waals surface area (Å²) < 4.78 is 4.66. The monoisotopic (exact) mass is 370 g/mol. The van der Waals surface area contributed by atoms with Crippen LogP contribution in [0.5, 0.6) is 0 Å². The summed E-state index contributed by atoms with van der Waals surface area (Å²) in [6.45, 7) is 0.394. The summed E-state index contributed by atoms with van der Waals surface area (Å²) in [5.74, 6) is -0.458. The number of rotatable bonds is 5. The zero-order valence-electron chi connectivity index (χ0n) is 13.5. The molecule has 1 heterocycles. The summed E-state index contributed by atoms with van der Waals surface area (Å²) in [6, 6.07) is 13.7. The largest absolute Gasteiger partial charge is 0.339 e. The lowest BCUT2D eigenvalue weighted by Gasteiger charge is -2.07. The van der Waals surface area contributed by atoms with Crippen molar-refractivity contribution in [3.63, 3.8) is 0 Å². The number of aromatic nitrogens is 2. The van der Waals surface area contributed by atoms with Crippen molar-refractivity contribution in [3.05, 3.63) is 70.4 Å². The average Bonchev–Trinajstić information content (AvgIpc) is 3.10. The van der Waals surface area contributed by atoms with Crippen LogP contribution in [0, 0.1) is 5.41 Å². The van der Waals surface area contributed by atoms with Crippen LogP contribution in [0.1, 0.15) is 21.6 Å². The quantitative estimate of drug-likeness (QED) is 0.403. The van der Waals surface area contributed by atoms with Gasteiger partial charge in [-0.05, 0) is 46.2 Å². The molecule has 0 saturated carbocycles. The molecule has 3 aromatic rings. The van der Waals surface area contributed by atoms with Gasteiger partial charge in [-0.2, -0.15) is 0 Å². The molecular weight excluding hydrogens is 356 g/mol. The van der Waals surface area contributed by atoms with Gasteiger partial charge in [-0.1, -0.05) is 29.8 Å². The number of amides is 1. The van der Waals surface area contributed by atoms with E-state index < -0.39 is 5.91 Å². The van der Waals surface area contributed by atoms with Gasteiger partial charge in [0, 0.05) is 22.8 Å². The highest BCUT2D eigenvalue weighted by Gasteiger charge is 2.18. The number of anilines is 2. The number of nitrogens with two attached hydrogens (primary N) is 1. The van der Waals surface area contributed by atoms with Crippen LogP contribution in [-0.2, 0) is 6.54 Å². The van der Waals surface area contributed by atoms with Crippen LogP contribution in [0.3, 0.4) is 0 Å². The number of nitrogens with zero attached hydrogens (tertiary/aromatic N) is 2. The predicted molar refractivity (Wildman–Crippen MR) is 98.5 cm³/mol. The third-order valence-corrected chi connectivity index (χ3v) is 3.74. The summed E-state index contributed by atoms with van der Waals surface area (Å²) >= 11 is 5.92. The van der Waals surface area contributed by atoms with Gasteiger partial charge in [0.25, 0.3) is 5.91 Å². The second-order valence-electron chi connectivity index (χ2n) is 5.33. The van der Waals surface area contributed by atoms with Crippen LogP contribution < -0.4 is 16.4 Å². The molecule has 8 nitrogen and oxygen atoms in total. The fourth-order valence-corrected chi connectivity index (χ4v) is 2.37. The molecule has 0 aliphatic carbocycles. The Hall–Kier alpha value is -3.23. The van der Waals surface area contributed by atoms with E-state index in [2.05, 4.69) is 25.6 Å². The van der Waals surface area contributed by atoms with Crippen molar-refractivity contribution in [2.24, 2.45) is 5.73 Å². The SMILES string of the molecule is N=C(Nc1cccc(Cl)c1)c1nonc1NC(=O)c1ccc(CN)cc1. The standard InChI is InChI=1S/C17H15ClN6O2/c18-12-2-1-3-13(8-12)21-15(20)14-16(24-26-23-14)22-17(25)11-6-4-10(9-19)5-7-11/h1-8H,9,19H2,(H2,20,21)(H,22,24,25). The molecule has 0 fully saturated rings. The van der Waals surface area contributed by atoms with E-state index in [-0.39, 0.29) is 17.3 Å². The molecule has 1 aromatic heterocycles. The molecule has 5 N–H and O–H groups in total. The molecule has 2 aromatic carbocycles. The molecule has 0 spiro atoms. The Morgan fingerprint density at radius 1 is 1.15 bits per heavy atom. The number of benzene rings is 2. The van der Waals surface area contributed by atoms with Crippen LogP contribution in [0.4, 0.5) is 11.5 Å². The Balaban J connectivity index is 1.73. The highest BCUT2D eigenvalue weighted by atomic mass is 35.5. The Bertz CT molecular complexity index is 938. The molecule has 3 rings (SSSR count). The topological polar surface area (TPSA) is 130 Å². The Morgan fingerprint density at radius 2 is 1.92 bits per heavy atom. The summed E-state index contributed by atoms with van der Waals surface area (Å²) in [4.78, 5) is 12.3. The van der Waals surface area contributed by atoms with Gasteiger partial charge in [0.15, 0.2) is 11.5 Å².